The molecule has 0 spiro atoms. The zero-order valence-corrected chi connectivity index (χ0v) is 18.4. The van der Waals surface area contributed by atoms with E-state index in [2.05, 4.69) is 36.3 Å². The number of hydrogen-bond acceptors (Lipinski definition) is 6. The Morgan fingerprint density at radius 2 is 1.77 bits per heavy atom. The molecule has 0 bridgehead atoms. The summed E-state index contributed by atoms with van der Waals surface area (Å²) < 4.78 is 13.5. The molecular formula is C22H27N5O4. The maximum Gasteiger partial charge on any atom is 0.360 e. The van der Waals surface area contributed by atoms with Gasteiger partial charge in [0.2, 0.25) is 0 Å². The molecule has 3 aromatic rings. The van der Waals surface area contributed by atoms with Crippen molar-refractivity contribution < 1.29 is 19.1 Å². The first kappa shape index (κ1) is 22.1. The maximum atomic E-state index is 12.6. The van der Waals surface area contributed by atoms with Gasteiger partial charge in [0, 0.05) is 18.9 Å². The standard InChI is InChI=1S/C22H27N5O4/c1-6-26-13-18(19(25-26)21(29)30-5)23-20(28)17-11-12-27(24-17)14-31-16-9-7-15(8-10-16)22(2,3)4/h7-13H,6,14H2,1-5H3,(H,23,28). The van der Waals surface area contributed by atoms with Crippen LogP contribution in [0.5, 0.6) is 5.75 Å². The zero-order chi connectivity index (χ0) is 22.6. The number of esters is 1. The van der Waals surface area contributed by atoms with Gasteiger partial charge < -0.3 is 14.8 Å². The van der Waals surface area contributed by atoms with E-state index in [0.717, 1.165) is 0 Å². The highest BCUT2D eigenvalue weighted by Gasteiger charge is 2.20. The summed E-state index contributed by atoms with van der Waals surface area (Å²) in [6.45, 7) is 9.03. The molecule has 0 aliphatic rings. The second kappa shape index (κ2) is 9.03. The highest BCUT2D eigenvalue weighted by Crippen LogP contribution is 2.24. The summed E-state index contributed by atoms with van der Waals surface area (Å²) in [5, 5.41) is 11.0. The topological polar surface area (TPSA) is 100 Å². The van der Waals surface area contributed by atoms with E-state index in [1.165, 1.54) is 17.4 Å². The van der Waals surface area contributed by atoms with Gasteiger partial charge in [-0.15, -0.1) is 0 Å². The molecule has 31 heavy (non-hydrogen) atoms. The zero-order valence-electron chi connectivity index (χ0n) is 18.4. The van der Waals surface area contributed by atoms with Crippen molar-refractivity contribution in [2.75, 3.05) is 12.4 Å². The quantitative estimate of drug-likeness (QED) is 0.582. The van der Waals surface area contributed by atoms with Crippen LogP contribution in [-0.4, -0.2) is 38.5 Å². The van der Waals surface area contributed by atoms with E-state index in [1.54, 1.807) is 23.1 Å². The molecule has 0 radical (unpaired) electrons. The molecule has 1 aromatic carbocycles. The summed E-state index contributed by atoms with van der Waals surface area (Å²) in [7, 11) is 1.26. The van der Waals surface area contributed by atoms with Crippen LogP contribution < -0.4 is 10.1 Å². The Morgan fingerprint density at radius 3 is 2.39 bits per heavy atom. The SMILES string of the molecule is CCn1cc(NC(=O)c2ccn(COc3ccc(C(C)(C)C)cc3)n2)c(C(=O)OC)n1. The van der Waals surface area contributed by atoms with Gasteiger partial charge in [-0.2, -0.15) is 10.2 Å². The van der Waals surface area contributed by atoms with E-state index < -0.39 is 11.9 Å². The molecule has 3 rings (SSSR count). The van der Waals surface area contributed by atoms with Gasteiger partial charge in [0.05, 0.1) is 12.8 Å². The number of ether oxygens (including phenoxy) is 2. The van der Waals surface area contributed by atoms with E-state index in [4.69, 9.17) is 9.47 Å². The molecule has 1 amide bonds. The Balaban J connectivity index is 1.64. The van der Waals surface area contributed by atoms with Crippen LogP contribution >= 0.6 is 0 Å². The van der Waals surface area contributed by atoms with Crippen molar-refractivity contribution in [3.05, 3.63) is 59.7 Å². The minimum absolute atomic E-state index is 0.0409. The molecule has 9 nitrogen and oxygen atoms in total. The summed E-state index contributed by atoms with van der Waals surface area (Å²) in [5.74, 6) is -0.378. The van der Waals surface area contributed by atoms with Gasteiger partial charge in [0.15, 0.2) is 18.1 Å². The molecule has 2 heterocycles. The van der Waals surface area contributed by atoms with Crippen LogP contribution in [0.25, 0.3) is 0 Å². The number of carbonyl (C=O) groups is 2. The number of rotatable bonds is 7. The molecule has 0 unspecified atom stereocenters. The monoisotopic (exact) mass is 425 g/mol. The van der Waals surface area contributed by atoms with Crippen molar-refractivity contribution in [1.29, 1.82) is 0 Å². The first-order valence-corrected chi connectivity index (χ1v) is 9.95. The number of carbonyl (C=O) groups excluding carboxylic acids is 2. The number of aryl methyl sites for hydroxylation is 1. The minimum Gasteiger partial charge on any atom is -0.471 e. The van der Waals surface area contributed by atoms with E-state index in [-0.39, 0.29) is 29.2 Å². The number of benzene rings is 1. The Bertz CT molecular complexity index is 1060. The van der Waals surface area contributed by atoms with Crippen LogP contribution in [-0.2, 0) is 23.4 Å². The van der Waals surface area contributed by atoms with Crippen molar-refractivity contribution in [2.45, 2.75) is 46.4 Å². The lowest BCUT2D eigenvalue weighted by atomic mass is 9.87. The smallest absolute Gasteiger partial charge is 0.360 e. The molecule has 0 aliphatic heterocycles. The maximum absolute atomic E-state index is 12.6. The van der Waals surface area contributed by atoms with Crippen molar-refractivity contribution in [1.82, 2.24) is 19.6 Å². The number of hydrogen-bond donors (Lipinski definition) is 1. The lowest BCUT2D eigenvalue weighted by Crippen LogP contribution is -2.16. The molecule has 9 heteroatoms. The molecule has 0 fully saturated rings. The third-order valence-electron chi connectivity index (χ3n) is 4.67. The van der Waals surface area contributed by atoms with Crippen molar-refractivity contribution in [2.24, 2.45) is 0 Å². The van der Waals surface area contributed by atoms with Crippen molar-refractivity contribution >= 4 is 17.6 Å². The molecule has 0 saturated carbocycles. The second-order valence-corrected chi connectivity index (χ2v) is 7.98. The molecule has 0 aliphatic carbocycles. The van der Waals surface area contributed by atoms with E-state index in [1.807, 2.05) is 31.2 Å². The first-order valence-electron chi connectivity index (χ1n) is 9.95. The van der Waals surface area contributed by atoms with Crippen LogP contribution in [0.15, 0.2) is 42.7 Å². The number of nitrogens with one attached hydrogen (secondary N) is 1. The number of amides is 1. The van der Waals surface area contributed by atoms with Gasteiger partial charge in [-0.25, -0.2) is 9.48 Å². The Labute approximate surface area is 181 Å². The van der Waals surface area contributed by atoms with Crippen molar-refractivity contribution in [3.8, 4) is 5.75 Å². The van der Waals surface area contributed by atoms with Crippen LogP contribution in [0.2, 0.25) is 0 Å². The van der Waals surface area contributed by atoms with Crippen LogP contribution in [0.4, 0.5) is 5.69 Å². The van der Waals surface area contributed by atoms with E-state index in [0.29, 0.717) is 12.3 Å². The van der Waals surface area contributed by atoms with Gasteiger partial charge in [-0.1, -0.05) is 32.9 Å². The third-order valence-corrected chi connectivity index (χ3v) is 4.67. The van der Waals surface area contributed by atoms with Crippen LogP contribution in [0.1, 0.15) is 54.2 Å². The Morgan fingerprint density at radius 1 is 1.06 bits per heavy atom. The summed E-state index contributed by atoms with van der Waals surface area (Å²) in [4.78, 5) is 24.5. The number of nitrogens with zero attached hydrogens (tertiary/aromatic N) is 4. The van der Waals surface area contributed by atoms with Crippen LogP contribution in [0, 0.1) is 0 Å². The fraction of sp³-hybridized carbons (Fsp3) is 0.364. The molecule has 164 valence electrons. The van der Waals surface area contributed by atoms with Gasteiger partial charge in [-0.3, -0.25) is 9.48 Å². The Hall–Kier alpha value is -3.62. The number of anilines is 1. The lowest BCUT2D eigenvalue weighted by Gasteiger charge is -2.19. The highest BCUT2D eigenvalue weighted by atomic mass is 16.5. The molecule has 1 N–H and O–H groups in total. The van der Waals surface area contributed by atoms with E-state index >= 15 is 0 Å². The predicted molar refractivity (Wildman–Crippen MR) is 115 cm³/mol. The molecule has 2 aromatic heterocycles. The highest BCUT2D eigenvalue weighted by molar-refractivity contribution is 6.06. The molecular weight excluding hydrogens is 398 g/mol. The van der Waals surface area contributed by atoms with Gasteiger partial charge in [0.1, 0.15) is 5.75 Å². The third kappa shape index (κ3) is 5.30. The lowest BCUT2D eigenvalue weighted by molar-refractivity contribution is 0.0594. The van der Waals surface area contributed by atoms with Gasteiger partial charge >= 0.3 is 5.97 Å². The first-order chi connectivity index (χ1) is 14.7. The number of methoxy groups -OCH3 is 1. The normalized spacial score (nSPS) is 11.3. The average molecular weight is 425 g/mol. The Kier molecular flexibility index (Phi) is 6.43. The summed E-state index contributed by atoms with van der Waals surface area (Å²) in [6, 6.07) is 9.47. The predicted octanol–water partition coefficient (Wildman–Crippen LogP) is 3.47. The molecule has 0 atom stereocenters. The molecule has 0 saturated heterocycles. The summed E-state index contributed by atoms with van der Waals surface area (Å²) >= 11 is 0. The van der Waals surface area contributed by atoms with Gasteiger partial charge in [0.25, 0.3) is 5.91 Å². The largest absolute Gasteiger partial charge is 0.471 e. The van der Waals surface area contributed by atoms with Crippen molar-refractivity contribution in [3.63, 3.8) is 0 Å². The van der Waals surface area contributed by atoms with Crippen LogP contribution in [0.3, 0.4) is 0 Å². The minimum atomic E-state index is -0.626. The fourth-order valence-corrected chi connectivity index (χ4v) is 2.86. The van der Waals surface area contributed by atoms with Gasteiger partial charge in [-0.05, 0) is 36.1 Å². The van der Waals surface area contributed by atoms with E-state index in [9.17, 15) is 9.59 Å². The summed E-state index contributed by atoms with van der Waals surface area (Å²) in [6.07, 6.45) is 3.22. The number of aromatic nitrogens is 4. The fourth-order valence-electron chi connectivity index (χ4n) is 2.86. The average Bonchev–Trinajstić information content (AvgIpc) is 3.38. The summed E-state index contributed by atoms with van der Waals surface area (Å²) in [5.41, 5.74) is 1.79. The second-order valence-electron chi connectivity index (χ2n) is 7.98.